The summed E-state index contributed by atoms with van der Waals surface area (Å²) in [7, 11) is 0. The van der Waals surface area contributed by atoms with Crippen molar-refractivity contribution in [2.24, 2.45) is 10.8 Å². The number of carbonyl (C=O) groups is 3. The maximum atomic E-state index is 11.9. The van der Waals surface area contributed by atoms with E-state index in [0.717, 1.165) is 5.57 Å². The van der Waals surface area contributed by atoms with Gasteiger partial charge in [-0.1, -0.05) is 13.0 Å². The lowest BCUT2D eigenvalue weighted by Crippen LogP contribution is -2.68. The normalized spacial score (nSPS) is 45.9. The van der Waals surface area contributed by atoms with Gasteiger partial charge in [0, 0.05) is 27.2 Å². The number of epoxide rings is 1. The molecule has 2 aliphatic carbocycles. The van der Waals surface area contributed by atoms with Gasteiger partial charge in [-0.2, -0.15) is 0 Å². The van der Waals surface area contributed by atoms with Crippen LogP contribution in [0.3, 0.4) is 0 Å². The molecule has 0 aromatic rings. The number of aliphatic hydroxyl groups is 1. The van der Waals surface area contributed by atoms with Crippen molar-refractivity contribution < 1.29 is 43.2 Å². The Kier molecular flexibility index (Phi) is 4.80. The van der Waals surface area contributed by atoms with Gasteiger partial charge < -0.3 is 28.8 Å². The standard InChI is InChI=1S/C21H28O9/c1-10-6-15-20(8-26-11(2)22,7-14(10)28-12(3)23)19(5)17(29-13(4)24)16(25)18(30-15)21(19)9-27-21/h6,14-18,25H,7-9H2,1-5H3/t14-,15+,16+,17+,18+,19+,20+,21?/m0/s1. The Morgan fingerprint density at radius 1 is 1.17 bits per heavy atom. The summed E-state index contributed by atoms with van der Waals surface area (Å²) in [6.45, 7) is 7.91. The first-order chi connectivity index (χ1) is 14.0. The van der Waals surface area contributed by atoms with Crippen LogP contribution in [-0.2, 0) is 38.1 Å². The zero-order valence-electron chi connectivity index (χ0n) is 17.8. The minimum absolute atomic E-state index is 0.0621. The average Bonchev–Trinajstić information content (AvgIpc) is 3.42. The van der Waals surface area contributed by atoms with Gasteiger partial charge in [0.25, 0.3) is 0 Å². The molecule has 9 nitrogen and oxygen atoms in total. The van der Waals surface area contributed by atoms with Crippen LogP contribution in [0.5, 0.6) is 0 Å². The number of esters is 3. The fourth-order valence-corrected chi connectivity index (χ4v) is 5.92. The Balaban J connectivity index is 1.87. The molecular weight excluding hydrogens is 396 g/mol. The van der Waals surface area contributed by atoms with Crippen LogP contribution in [0.25, 0.3) is 0 Å². The molecule has 3 fully saturated rings. The van der Waals surface area contributed by atoms with Crippen molar-refractivity contribution in [3.05, 3.63) is 11.6 Å². The Morgan fingerprint density at radius 2 is 1.80 bits per heavy atom. The van der Waals surface area contributed by atoms with Crippen molar-refractivity contribution >= 4 is 17.9 Å². The number of hydrogen-bond acceptors (Lipinski definition) is 9. The van der Waals surface area contributed by atoms with Crippen LogP contribution < -0.4 is 0 Å². The molecule has 2 saturated heterocycles. The number of ether oxygens (including phenoxy) is 5. The summed E-state index contributed by atoms with van der Waals surface area (Å²) < 4.78 is 28.9. The molecule has 2 aliphatic heterocycles. The van der Waals surface area contributed by atoms with Gasteiger partial charge in [-0.25, -0.2) is 0 Å². The monoisotopic (exact) mass is 424 g/mol. The van der Waals surface area contributed by atoms with Gasteiger partial charge in [0.2, 0.25) is 0 Å². The first-order valence-corrected chi connectivity index (χ1v) is 10.1. The second-order valence-electron chi connectivity index (χ2n) is 9.03. The zero-order valence-corrected chi connectivity index (χ0v) is 17.8. The summed E-state index contributed by atoms with van der Waals surface area (Å²) in [6, 6.07) is 0. The largest absolute Gasteiger partial charge is 0.465 e. The Labute approximate surface area is 174 Å². The van der Waals surface area contributed by atoms with Crippen LogP contribution >= 0.6 is 0 Å². The van der Waals surface area contributed by atoms with Crippen molar-refractivity contribution in [1.29, 1.82) is 0 Å². The first kappa shape index (κ1) is 21.3. The summed E-state index contributed by atoms with van der Waals surface area (Å²) >= 11 is 0. The van der Waals surface area contributed by atoms with Crippen molar-refractivity contribution in [3.63, 3.8) is 0 Å². The highest BCUT2D eigenvalue weighted by Gasteiger charge is 2.86. The highest BCUT2D eigenvalue weighted by molar-refractivity contribution is 5.67. The van der Waals surface area contributed by atoms with Crippen molar-refractivity contribution in [2.45, 2.75) is 77.2 Å². The third-order valence-corrected chi connectivity index (χ3v) is 7.46. The third-order valence-electron chi connectivity index (χ3n) is 7.46. The van der Waals surface area contributed by atoms with Crippen molar-refractivity contribution in [1.82, 2.24) is 0 Å². The molecule has 1 spiro atoms. The molecule has 0 amide bonds. The maximum Gasteiger partial charge on any atom is 0.303 e. The van der Waals surface area contributed by atoms with E-state index in [1.807, 2.05) is 19.9 Å². The van der Waals surface area contributed by atoms with Gasteiger partial charge in [-0.3, -0.25) is 14.4 Å². The number of aliphatic hydroxyl groups excluding tert-OH is 1. The molecule has 0 aromatic heterocycles. The van der Waals surface area contributed by atoms with E-state index < -0.39 is 64.9 Å². The quantitative estimate of drug-likeness (QED) is 0.300. The van der Waals surface area contributed by atoms with E-state index in [9.17, 15) is 19.5 Å². The molecule has 8 atom stereocenters. The molecule has 2 heterocycles. The van der Waals surface area contributed by atoms with Gasteiger partial charge >= 0.3 is 17.9 Å². The molecular formula is C21H28O9. The minimum Gasteiger partial charge on any atom is -0.465 e. The van der Waals surface area contributed by atoms with Crippen LogP contribution in [0.1, 0.15) is 41.0 Å². The lowest BCUT2D eigenvalue weighted by atomic mass is 9.51. The summed E-state index contributed by atoms with van der Waals surface area (Å²) in [5.74, 6) is -1.45. The first-order valence-electron chi connectivity index (χ1n) is 10.1. The number of fused-ring (bicyclic) bond motifs is 2. The number of hydrogen-bond donors (Lipinski definition) is 1. The molecule has 0 radical (unpaired) electrons. The topological polar surface area (TPSA) is 121 Å². The van der Waals surface area contributed by atoms with Crippen LogP contribution in [-0.4, -0.2) is 72.3 Å². The van der Waals surface area contributed by atoms with Gasteiger partial charge in [-0.15, -0.1) is 0 Å². The molecule has 30 heavy (non-hydrogen) atoms. The van der Waals surface area contributed by atoms with E-state index >= 15 is 0 Å². The molecule has 0 aromatic carbocycles. The van der Waals surface area contributed by atoms with Gasteiger partial charge in [0.15, 0.2) is 0 Å². The Bertz CT molecular complexity index is 815. The molecule has 166 valence electrons. The van der Waals surface area contributed by atoms with E-state index in [2.05, 4.69) is 0 Å². The number of rotatable bonds is 4. The fraction of sp³-hybridized carbons (Fsp3) is 0.762. The van der Waals surface area contributed by atoms with Crippen LogP contribution in [0.4, 0.5) is 0 Å². The second kappa shape index (κ2) is 6.77. The predicted octanol–water partition coefficient (Wildman–Crippen LogP) is 0.667. The molecule has 2 bridgehead atoms. The van der Waals surface area contributed by atoms with Crippen LogP contribution in [0.15, 0.2) is 11.6 Å². The summed E-state index contributed by atoms with van der Waals surface area (Å²) in [6.07, 6.45) is -1.75. The van der Waals surface area contributed by atoms with E-state index in [0.29, 0.717) is 6.61 Å². The molecule has 4 rings (SSSR count). The zero-order chi connectivity index (χ0) is 22.1. The average molecular weight is 424 g/mol. The van der Waals surface area contributed by atoms with Gasteiger partial charge in [0.1, 0.15) is 36.6 Å². The highest BCUT2D eigenvalue weighted by Crippen LogP contribution is 2.72. The van der Waals surface area contributed by atoms with Crippen molar-refractivity contribution in [3.8, 4) is 0 Å². The number of carbonyl (C=O) groups excluding carboxylic acids is 3. The molecule has 1 saturated carbocycles. The molecule has 9 heteroatoms. The SMILES string of the molecule is CC(=O)OC[C@]12C[C@H](OC(C)=O)C(C)=C[C@H]1O[C@@H]1[C@H](O)[C@@H](OC(C)=O)[C@@]2(C)C12CO2. The summed E-state index contributed by atoms with van der Waals surface area (Å²) in [4.78, 5) is 35.4. The van der Waals surface area contributed by atoms with Gasteiger partial charge in [0.05, 0.1) is 23.5 Å². The van der Waals surface area contributed by atoms with E-state index in [1.54, 1.807) is 0 Å². The molecule has 4 aliphatic rings. The highest BCUT2D eigenvalue weighted by atomic mass is 16.7. The Hall–Kier alpha value is -1.97. The van der Waals surface area contributed by atoms with Gasteiger partial charge in [-0.05, 0) is 12.5 Å². The Morgan fingerprint density at radius 3 is 2.33 bits per heavy atom. The van der Waals surface area contributed by atoms with Crippen LogP contribution in [0.2, 0.25) is 0 Å². The van der Waals surface area contributed by atoms with E-state index in [1.165, 1.54) is 20.8 Å². The lowest BCUT2D eigenvalue weighted by molar-refractivity contribution is -0.241. The summed E-state index contributed by atoms with van der Waals surface area (Å²) in [5.41, 5.74) is -1.99. The predicted molar refractivity (Wildman–Crippen MR) is 100 cm³/mol. The second-order valence-corrected chi connectivity index (χ2v) is 9.03. The third kappa shape index (κ3) is 2.68. The fourth-order valence-electron chi connectivity index (χ4n) is 5.92. The molecule has 1 unspecified atom stereocenters. The minimum atomic E-state index is -1.11. The van der Waals surface area contributed by atoms with Crippen LogP contribution in [0, 0.1) is 10.8 Å². The smallest absolute Gasteiger partial charge is 0.303 e. The summed E-state index contributed by atoms with van der Waals surface area (Å²) in [5, 5.41) is 11.1. The van der Waals surface area contributed by atoms with E-state index in [4.69, 9.17) is 23.7 Å². The van der Waals surface area contributed by atoms with Crippen molar-refractivity contribution in [2.75, 3.05) is 13.2 Å². The lowest BCUT2D eigenvalue weighted by Gasteiger charge is -2.58. The molecule has 1 N–H and O–H groups in total. The van der Waals surface area contributed by atoms with E-state index in [-0.39, 0.29) is 13.0 Å². The maximum absolute atomic E-state index is 11.9.